The van der Waals surface area contributed by atoms with Crippen LogP contribution in [0.5, 0.6) is 0 Å². The fraction of sp³-hybridized carbons (Fsp3) is 0.303. The molecule has 0 fully saturated rings. The van der Waals surface area contributed by atoms with E-state index >= 15 is 0 Å². The van der Waals surface area contributed by atoms with Gasteiger partial charge in [0.05, 0.1) is 16.1 Å². The molecule has 2 aromatic carbocycles. The van der Waals surface area contributed by atoms with Crippen LogP contribution in [0, 0.1) is 5.41 Å². The van der Waals surface area contributed by atoms with Gasteiger partial charge < -0.3 is 28.9 Å². The van der Waals surface area contributed by atoms with Crippen LogP contribution in [0.15, 0.2) is 105 Å². The Hall–Kier alpha value is -2.17. The minimum Gasteiger partial charge on any atom is -1.00 e. The van der Waals surface area contributed by atoms with Crippen LogP contribution < -0.4 is 33.4 Å². The van der Waals surface area contributed by atoms with Crippen LogP contribution in [0.3, 0.4) is 0 Å². The van der Waals surface area contributed by atoms with Crippen molar-refractivity contribution >= 4 is 46.2 Å². The number of para-hydroxylation sites is 1. The molecule has 0 saturated heterocycles. The second-order valence-electron chi connectivity index (χ2n) is 10.9. The average Bonchev–Trinajstić information content (AvgIpc) is 3.23. The molecule has 0 N–H and O–H groups in total. The van der Waals surface area contributed by atoms with Crippen LogP contribution in [-0.4, -0.2) is 12.1 Å². The monoisotopic (exact) mass is 706 g/mol. The lowest BCUT2D eigenvalue weighted by Gasteiger charge is -2.31. The SMILES string of the molecule is CCN1/C(=C\C2=CC(=C/C=C\c3cc[n+](CC)c4ccc(SC(F)(F)F)cc34)/CC(C)(C)C2)Sc2ccccc21.[I-]. The summed E-state index contributed by atoms with van der Waals surface area (Å²) >= 11 is 1.76. The number of aryl methyl sites for hydroxylation is 1. The summed E-state index contributed by atoms with van der Waals surface area (Å²) in [5, 5.41) is 2.07. The summed E-state index contributed by atoms with van der Waals surface area (Å²) in [5.74, 6) is 0. The molecule has 0 spiro atoms. The summed E-state index contributed by atoms with van der Waals surface area (Å²) in [5.41, 5.74) is 1.47. The van der Waals surface area contributed by atoms with E-state index in [0.717, 1.165) is 42.4 Å². The molecule has 0 atom stereocenters. The Morgan fingerprint density at radius 2 is 1.85 bits per heavy atom. The summed E-state index contributed by atoms with van der Waals surface area (Å²) in [6.45, 7) is 10.5. The number of benzene rings is 2. The highest BCUT2D eigenvalue weighted by Gasteiger charge is 2.30. The van der Waals surface area contributed by atoms with Crippen LogP contribution in [0.4, 0.5) is 18.9 Å². The zero-order chi connectivity index (χ0) is 28.5. The summed E-state index contributed by atoms with van der Waals surface area (Å²) in [4.78, 5) is 3.87. The molecule has 0 amide bonds. The van der Waals surface area contributed by atoms with Crippen molar-refractivity contribution in [1.29, 1.82) is 0 Å². The molecular weight excluding hydrogens is 672 g/mol. The number of nitrogens with zero attached hydrogens (tertiary/aromatic N) is 2. The third-order valence-corrected chi connectivity index (χ3v) is 9.01. The van der Waals surface area contributed by atoms with Crippen molar-refractivity contribution in [3.8, 4) is 0 Å². The predicted octanol–water partition coefficient (Wildman–Crippen LogP) is 6.92. The van der Waals surface area contributed by atoms with E-state index in [1.54, 1.807) is 18.2 Å². The van der Waals surface area contributed by atoms with Crippen LogP contribution in [0.25, 0.3) is 17.0 Å². The number of halogens is 4. The lowest BCUT2D eigenvalue weighted by Crippen LogP contribution is -3.00. The van der Waals surface area contributed by atoms with Gasteiger partial charge in [-0.2, -0.15) is 17.7 Å². The molecule has 0 unspecified atom stereocenters. The third-order valence-electron chi connectivity index (χ3n) is 7.18. The highest BCUT2D eigenvalue weighted by Crippen LogP contribution is 2.47. The maximum atomic E-state index is 13.1. The van der Waals surface area contributed by atoms with Gasteiger partial charge in [0.2, 0.25) is 5.52 Å². The maximum absolute atomic E-state index is 13.1. The van der Waals surface area contributed by atoms with Crippen molar-refractivity contribution in [3.05, 3.63) is 101 Å². The molecular formula is C33H34F3IN2S2. The highest BCUT2D eigenvalue weighted by atomic mass is 127. The number of hydrogen-bond acceptors (Lipinski definition) is 3. The second kappa shape index (κ2) is 13.0. The lowest BCUT2D eigenvalue weighted by atomic mass is 9.75. The van der Waals surface area contributed by atoms with Gasteiger partial charge in [-0.05, 0) is 90.9 Å². The van der Waals surface area contributed by atoms with Gasteiger partial charge in [-0.15, -0.1) is 0 Å². The van der Waals surface area contributed by atoms with E-state index in [4.69, 9.17) is 0 Å². The van der Waals surface area contributed by atoms with E-state index < -0.39 is 5.51 Å². The number of thioether (sulfide) groups is 2. The molecule has 2 nitrogen and oxygen atoms in total. The first kappa shape index (κ1) is 31.8. The number of alkyl halides is 3. The number of anilines is 1. The molecule has 2 heterocycles. The van der Waals surface area contributed by atoms with Gasteiger partial charge in [0.25, 0.3) is 0 Å². The molecule has 1 aromatic heterocycles. The molecule has 1 aliphatic carbocycles. The maximum Gasteiger partial charge on any atom is 0.446 e. The molecule has 2 aliphatic rings. The zero-order valence-electron chi connectivity index (χ0n) is 23.6. The molecule has 0 radical (unpaired) electrons. The van der Waals surface area contributed by atoms with Crippen molar-refractivity contribution < 1.29 is 41.7 Å². The quantitative estimate of drug-likeness (QED) is 0.156. The summed E-state index contributed by atoms with van der Waals surface area (Å²) < 4.78 is 41.2. The van der Waals surface area contributed by atoms with E-state index in [0.29, 0.717) is 0 Å². The zero-order valence-corrected chi connectivity index (χ0v) is 27.4. The smallest absolute Gasteiger partial charge is 0.446 e. The Kier molecular flexibility index (Phi) is 10.1. The van der Waals surface area contributed by atoms with Crippen molar-refractivity contribution in [1.82, 2.24) is 0 Å². The van der Waals surface area contributed by atoms with E-state index in [2.05, 4.69) is 72.7 Å². The van der Waals surface area contributed by atoms with Gasteiger partial charge in [0.1, 0.15) is 6.54 Å². The molecule has 0 bridgehead atoms. The normalized spacial score (nSPS) is 18.7. The molecule has 8 heteroatoms. The van der Waals surface area contributed by atoms with Gasteiger partial charge in [-0.1, -0.05) is 62.0 Å². The summed E-state index contributed by atoms with van der Waals surface area (Å²) in [7, 11) is 0. The first-order valence-electron chi connectivity index (χ1n) is 13.6. The van der Waals surface area contributed by atoms with Gasteiger partial charge in [-0.25, -0.2) is 0 Å². The number of aromatic nitrogens is 1. The first-order valence-corrected chi connectivity index (χ1v) is 15.2. The Morgan fingerprint density at radius 1 is 1.07 bits per heavy atom. The Labute approximate surface area is 266 Å². The Balaban J connectivity index is 0.00000387. The molecule has 0 saturated carbocycles. The van der Waals surface area contributed by atoms with Gasteiger partial charge >= 0.3 is 5.51 Å². The van der Waals surface area contributed by atoms with Gasteiger partial charge in [0.15, 0.2) is 6.20 Å². The molecule has 216 valence electrons. The third kappa shape index (κ3) is 7.62. The lowest BCUT2D eigenvalue weighted by molar-refractivity contribution is -0.667. The second-order valence-corrected chi connectivity index (χ2v) is 13.1. The van der Waals surface area contributed by atoms with Crippen LogP contribution in [0.1, 0.15) is 46.1 Å². The van der Waals surface area contributed by atoms with Crippen LogP contribution in [-0.2, 0) is 6.54 Å². The van der Waals surface area contributed by atoms with Crippen LogP contribution >= 0.6 is 23.5 Å². The molecule has 1 aliphatic heterocycles. The number of hydrogen-bond donors (Lipinski definition) is 0. The minimum atomic E-state index is -4.31. The van der Waals surface area contributed by atoms with Crippen molar-refractivity contribution in [2.75, 3.05) is 11.4 Å². The number of pyridine rings is 1. The van der Waals surface area contributed by atoms with Crippen molar-refractivity contribution in [3.63, 3.8) is 0 Å². The number of rotatable bonds is 6. The minimum absolute atomic E-state index is 0. The largest absolute Gasteiger partial charge is 1.00 e. The van der Waals surface area contributed by atoms with Gasteiger partial charge in [-0.3, -0.25) is 0 Å². The number of allylic oxidation sites excluding steroid dienone is 6. The van der Waals surface area contributed by atoms with E-state index in [-0.39, 0.29) is 46.0 Å². The summed E-state index contributed by atoms with van der Waals surface area (Å²) in [6.07, 6.45) is 14.8. The summed E-state index contributed by atoms with van der Waals surface area (Å²) in [6, 6.07) is 15.5. The molecule has 5 rings (SSSR count). The fourth-order valence-corrected chi connectivity index (χ4v) is 7.37. The Morgan fingerprint density at radius 3 is 2.59 bits per heavy atom. The fourth-order valence-electron chi connectivity index (χ4n) is 5.58. The standard InChI is InChI=1S/C33H34F3N2S2.HI/c1-5-37-17-16-25(27-20-26(14-15-28(27)37)40-33(34,35)36)11-9-10-23-18-24(22-32(3,4)21-23)19-31-38(6-2)29-12-7-8-13-30(29)39-31;/h7-20H,5-6,21-22H2,1-4H3;1H/q+1;/p-1. The Bertz CT molecular complexity index is 1550. The van der Waals surface area contributed by atoms with E-state index in [1.165, 1.54) is 26.8 Å². The number of fused-ring (bicyclic) bond motifs is 2. The van der Waals surface area contributed by atoms with E-state index in [1.807, 2.05) is 43.1 Å². The van der Waals surface area contributed by atoms with E-state index in [9.17, 15) is 13.2 Å². The molecule has 3 aromatic rings. The first-order chi connectivity index (χ1) is 19.0. The highest BCUT2D eigenvalue weighted by molar-refractivity contribution is 8.03. The van der Waals surface area contributed by atoms with Crippen molar-refractivity contribution in [2.45, 2.75) is 62.4 Å². The predicted molar refractivity (Wildman–Crippen MR) is 163 cm³/mol. The van der Waals surface area contributed by atoms with Crippen molar-refractivity contribution in [2.24, 2.45) is 5.41 Å². The van der Waals surface area contributed by atoms with Gasteiger partial charge in [0, 0.05) is 28.5 Å². The molecule has 41 heavy (non-hydrogen) atoms. The topological polar surface area (TPSA) is 7.12 Å². The van der Waals surface area contributed by atoms with Crippen LogP contribution in [0.2, 0.25) is 0 Å². The average molecular weight is 707 g/mol.